The van der Waals surface area contributed by atoms with Crippen LogP contribution in [0.5, 0.6) is 0 Å². The minimum absolute atomic E-state index is 0.254. The zero-order valence-corrected chi connectivity index (χ0v) is 13.2. The highest BCUT2D eigenvalue weighted by Gasteiger charge is 2.35. The molecule has 0 bridgehead atoms. The summed E-state index contributed by atoms with van der Waals surface area (Å²) in [4.78, 5) is 13.8. The van der Waals surface area contributed by atoms with Gasteiger partial charge in [-0.05, 0) is 47.0 Å². The van der Waals surface area contributed by atoms with Crippen LogP contribution in [0.25, 0.3) is 0 Å². The van der Waals surface area contributed by atoms with Crippen molar-refractivity contribution >= 4 is 6.09 Å². The molecule has 1 atom stereocenters. The predicted molar refractivity (Wildman–Crippen MR) is 79.5 cm³/mol. The molecule has 1 aliphatic rings. The molecular weight excluding hydrogens is 254 g/mol. The summed E-state index contributed by atoms with van der Waals surface area (Å²) < 4.78 is 11.4. The molecule has 1 aliphatic heterocycles. The van der Waals surface area contributed by atoms with E-state index >= 15 is 0 Å². The highest BCUT2D eigenvalue weighted by molar-refractivity contribution is 5.68. The van der Waals surface area contributed by atoms with Gasteiger partial charge in [-0.25, -0.2) is 4.79 Å². The van der Waals surface area contributed by atoms with E-state index in [4.69, 9.17) is 15.9 Å². The number of terminal acetylenes is 1. The Morgan fingerprint density at radius 1 is 1.45 bits per heavy atom. The van der Waals surface area contributed by atoms with Crippen molar-refractivity contribution in [3.05, 3.63) is 0 Å². The van der Waals surface area contributed by atoms with Crippen LogP contribution in [0.3, 0.4) is 0 Å². The van der Waals surface area contributed by atoms with E-state index in [0.29, 0.717) is 13.2 Å². The van der Waals surface area contributed by atoms with Crippen molar-refractivity contribution in [3.63, 3.8) is 0 Å². The summed E-state index contributed by atoms with van der Waals surface area (Å²) in [5.74, 6) is 2.61. The molecule has 0 aromatic carbocycles. The Hall–Kier alpha value is -1.21. The molecule has 0 saturated carbocycles. The first-order valence-electron chi connectivity index (χ1n) is 7.31. The highest BCUT2D eigenvalue weighted by atomic mass is 16.6. The van der Waals surface area contributed by atoms with Gasteiger partial charge in [0.05, 0.1) is 12.1 Å². The van der Waals surface area contributed by atoms with Gasteiger partial charge in [-0.1, -0.05) is 0 Å². The lowest BCUT2D eigenvalue weighted by Crippen LogP contribution is -2.51. The number of ether oxygens (including phenoxy) is 2. The normalized spacial score (nSPS) is 23.2. The Morgan fingerprint density at radius 2 is 2.15 bits per heavy atom. The minimum atomic E-state index is -0.460. The first-order valence-corrected chi connectivity index (χ1v) is 7.31. The molecule has 1 unspecified atom stereocenters. The van der Waals surface area contributed by atoms with E-state index in [2.05, 4.69) is 12.8 Å². The number of likely N-dealkylation sites (tertiary alicyclic amines) is 1. The molecule has 4 heteroatoms. The van der Waals surface area contributed by atoms with Crippen molar-refractivity contribution in [2.24, 2.45) is 0 Å². The highest BCUT2D eigenvalue weighted by Crippen LogP contribution is 2.26. The molecule has 1 fully saturated rings. The van der Waals surface area contributed by atoms with Crippen molar-refractivity contribution in [2.45, 2.75) is 64.6 Å². The van der Waals surface area contributed by atoms with Gasteiger partial charge in [0.25, 0.3) is 0 Å². The maximum Gasteiger partial charge on any atom is 0.410 e. The number of unbranched alkanes of at least 4 members (excludes halogenated alkanes) is 1. The van der Waals surface area contributed by atoms with Gasteiger partial charge < -0.3 is 14.4 Å². The van der Waals surface area contributed by atoms with Gasteiger partial charge in [-0.15, -0.1) is 12.3 Å². The third kappa shape index (κ3) is 5.83. The topological polar surface area (TPSA) is 38.8 Å². The fourth-order valence-electron chi connectivity index (χ4n) is 2.30. The second kappa shape index (κ2) is 6.99. The van der Waals surface area contributed by atoms with Crippen LogP contribution in [0.2, 0.25) is 0 Å². The number of carbonyl (C=O) groups excluding carboxylic acids is 1. The average molecular weight is 281 g/mol. The lowest BCUT2D eigenvalue weighted by Gasteiger charge is -2.40. The molecule has 20 heavy (non-hydrogen) atoms. The number of hydrogen-bond donors (Lipinski definition) is 0. The van der Waals surface area contributed by atoms with E-state index in [1.54, 1.807) is 4.90 Å². The zero-order chi connectivity index (χ0) is 15.2. The minimum Gasteiger partial charge on any atom is -0.444 e. The van der Waals surface area contributed by atoms with Crippen molar-refractivity contribution in [1.29, 1.82) is 0 Å². The fourth-order valence-corrected chi connectivity index (χ4v) is 2.30. The fraction of sp³-hybridized carbons (Fsp3) is 0.812. The molecule has 0 N–H and O–H groups in total. The van der Waals surface area contributed by atoms with Gasteiger partial charge in [-0.2, -0.15) is 0 Å². The molecule has 114 valence electrons. The Bertz CT molecular complexity index is 367. The number of hydrogen-bond acceptors (Lipinski definition) is 3. The third-order valence-electron chi connectivity index (χ3n) is 3.23. The summed E-state index contributed by atoms with van der Waals surface area (Å²) in [6.07, 6.45) is 8.46. The summed E-state index contributed by atoms with van der Waals surface area (Å²) in [6.45, 7) is 9.65. The van der Waals surface area contributed by atoms with Crippen molar-refractivity contribution in [2.75, 3.05) is 19.7 Å². The van der Waals surface area contributed by atoms with Crippen LogP contribution >= 0.6 is 0 Å². The van der Waals surface area contributed by atoms with Gasteiger partial charge in [0.15, 0.2) is 0 Å². The largest absolute Gasteiger partial charge is 0.444 e. The first kappa shape index (κ1) is 16.8. The molecule has 0 aliphatic carbocycles. The summed E-state index contributed by atoms with van der Waals surface area (Å²) in [5, 5.41) is 0. The van der Waals surface area contributed by atoms with Crippen molar-refractivity contribution in [1.82, 2.24) is 4.90 Å². The molecule has 1 saturated heterocycles. The first-order chi connectivity index (χ1) is 9.26. The molecule has 0 spiro atoms. The summed E-state index contributed by atoms with van der Waals surface area (Å²) in [7, 11) is 0. The van der Waals surface area contributed by atoms with Crippen LogP contribution in [-0.2, 0) is 9.47 Å². The second-order valence-electron chi connectivity index (χ2n) is 6.61. The molecule has 0 radical (unpaired) electrons. The number of amides is 1. The van der Waals surface area contributed by atoms with Gasteiger partial charge in [-0.3, -0.25) is 0 Å². The van der Waals surface area contributed by atoms with Crippen LogP contribution in [-0.4, -0.2) is 41.9 Å². The van der Waals surface area contributed by atoms with Crippen LogP contribution in [0.4, 0.5) is 4.79 Å². The van der Waals surface area contributed by atoms with Gasteiger partial charge >= 0.3 is 6.09 Å². The number of rotatable bonds is 4. The zero-order valence-electron chi connectivity index (χ0n) is 13.2. The van der Waals surface area contributed by atoms with Gasteiger partial charge in [0.2, 0.25) is 0 Å². The third-order valence-corrected chi connectivity index (χ3v) is 3.23. The van der Waals surface area contributed by atoms with Gasteiger partial charge in [0, 0.05) is 19.6 Å². The van der Waals surface area contributed by atoms with E-state index < -0.39 is 5.60 Å². The summed E-state index contributed by atoms with van der Waals surface area (Å²) in [6, 6.07) is 0. The molecule has 1 amide bonds. The van der Waals surface area contributed by atoms with Crippen LogP contribution in [0.1, 0.15) is 53.4 Å². The molecule has 0 aromatic heterocycles. The second-order valence-corrected chi connectivity index (χ2v) is 6.61. The maximum absolute atomic E-state index is 12.1. The average Bonchev–Trinajstić information content (AvgIpc) is 2.33. The van der Waals surface area contributed by atoms with E-state index in [1.165, 1.54) is 0 Å². The SMILES string of the molecule is C#CCCCOC1(C)CCCN(C(=O)OC(C)(C)C)C1. The Labute approximate surface area is 122 Å². The Morgan fingerprint density at radius 3 is 2.75 bits per heavy atom. The molecule has 4 nitrogen and oxygen atoms in total. The van der Waals surface area contributed by atoms with E-state index in [1.807, 2.05) is 20.8 Å². The smallest absolute Gasteiger partial charge is 0.410 e. The Balaban J connectivity index is 2.48. The number of carbonyl (C=O) groups is 1. The summed E-state index contributed by atoms with van der Waals surface area (Å²) in [5.41, 5.74) is -0.748. The van der Waals surface area contributed by atoms with Crippen LogP contribution < -0.4 is 0 Å². The standard InChI is InChI=1S/C16H27NO3/c1-6-7-8-12-19-16(5)10-9-11-17(13-16)14(18)20-15(2,3)4/h1H,7-13H2,2-5H3. The lowest BCUT2D eigenvalue weighted by molar-refractivity contribution is -0.0800. The van der Waals surface area contributed by atoms with E-state index in [0.717, 1.165) is 32.2 Å². The summed E-state index contributed by atoms with van der Waals surface area (Å²) >= 11 is 0. The number of piperidine rings is 1. The molecule has 0 aromatic rings. The number of nitrogens with zero attached hydrogens (tertiary/aromatic N) is 1. The quantitative estimate of drug-likeness (QED) is 0.587. The van der Waals surface area contributed by atoms with Crippen molar-refractivity contribution < 1.29 is 14.3 Å². The predicted octanol–water partition coefficient (Wildman–Crippen LogP) is 3.21. The maximum atomic E-state index is 12.1. The van der Waals surface area contributed by atoms with Gasteiger partial charge in [0.1, 0.15) is 5.60 Å². The van der Waals surface area contributed by atoms with E-state index in [-0.39, 0.29) is 11.7 Å². The molecular formula is C16H27NO3. The molecule has 1 heterocycles. The monoisotopic (exact) mass is 281 g/mol. The van der Waals surface area contributed by atoms with Crippen LogP contribution in [0, 0.1) is 12.3 Å². The Kier molecular flexibility index (Phi) is 5.88. The van der Waals surface area contributed by atoms with E-state index in [9.17, 15) is 4.79 Å². The van der Waals surface area contributed by atoms with Crippen molar-refractivity contribution in [3.8, 4) is 12.3 Å². The molecule has 1 rings (SSSR count). The van der Waals surface area contributed by atoms with Crippen LogP contribution in [0.15, 0.2) is 0 Å². The lowest BCUT2D eigenvalue weighted by atomic mass is 9.95.